The van der Waals surface area contributed by atoms with E-state index in [0.717, 1.165) is 69.6 Å². The number of furan rings is 1. The zero-order chi connectivity index (χ0) is 20.5. The quantitative estimate of drug-likeness (QED) is 0.717. The van der Waals surface area contributed by atoms with Crippen molar-refractivity contribution in [2.45, 2.75) is 26.4 Å². The summed E-state index contributed by atoms with van der Waals surface area (Å²) in [6.45, 7) is 11.3. The first-order valence-corrected chi connectivity index (χ1v) is 10.9. The van der Waals surface area contributed by atoms with Gasteiger partial charge in [-0.05, 0) is 36.6 Å². The van der Waals surface area contributed by atoms with Crippen molar-refractivity contribution in [1.29, 1.82) is 0 Å². The molecule has 2 saturated heterocycles. The van der Waals surface area contributed by atoms with Crippen LogP contribution >= 0.6 is 0 Å². The Morgan fingerprint density at radius 1 is 1.13 bits per heavy atom. The van der Waals surface area contributed by atoms with Crippen molar-refractivity contribution >= 4 is 16.8 Å². The lowest BCUT2D eigenvalue weighted by Gasteiger charge is -2.34. The van der Waals surface area contributed by atoms with Gasteiger partial charge in [-0.15, -0.1) is 0 Å². The summed E-state index contributed by atoms with van der Waals surface area (Å²) in [6.07, 6.45) is 2.05. The first-order chi connectivity index (χ1) is 14.7. The number of piperazine rings is 1. The summed E-state index contributed by atoms with van der Waals surface area (Å²) >= 11 is 0. The number of morpholine rings is 1. The molecular formula is C24H30N4O2. The average molecular weight is 407 g/mol. The van der Waals surface area contributed by atoms with Gasteiger partial charge in [0.05, 0.1) is 13.2 Å². The molecule has 0 spiro atoms. The fraction of sp³-hybridized carbons (Fsp3) is 0.458. The van der Waals surface area contributed by atoms with Gasteiger partial charge >= 0.3 is 0 Å². The maximum Gasteiger partial charge on any atom is 0.177 e. The minimum absolute atomic E-state index is 0.363. The maximum absolute atomic E-state index is 6.11. The van der Waals surface area contributed by atoms with Gasteiger partial charge in [0.25, 0.3) is 0 Å². The molecule has 158 valence electrons. The van der Waals surface area contributed by atoms with Crippen molar-refractivity contribution < 1.29 is 9.15 Å². The van der Waals surface area contributed by atoms with Gasteiger partial charge in [-0.3, -0.25) is 4.90 Å². The summed E-state index contributed by atoms with van der Waals surface area (Å²) in [4.78, 5) is 9.64. The monoisotopic (exact) mass is 406 g/mol. The zero-order valence-electron chi connectivity index (χ0n) is 17.9. The third-order valence-corrected chi connectivity index (χ3v) is 6.27. The molecule has 2 aliphatic heterocycles. The van der Waals surface area contributed by atoms with Gasteiger partial charge in [0.15, 0.2) is 11.4 Å². The summed E-state index contributed by atoms with van der Waals surface area (Å²) in [7, 11) is 0. The molecule has 0 radical (unpaired) electrons. The zero-order valence-corrected chi connectivity index (χ0v) is 17.9. The summed E-state index contributed by atoms with van der Waals surface area (Å²) in [5.41, 5.74) is 4.90. The van der Waals surface area contributed by atoms with Crippen LogP contribution in [0.15, 0.2) is 40.9 Å². The third kappa shape index (κ3) is 3.83. The van der Waals surface area contributed by atoms with Gasteiger partial charge in [-0.1, -0.05) is 24.3 Å². The molecule has 0 unspecified atom stereocenters. The number of aryl methyl sites for hydroxylation is 2. The molecule has 2 aliphatic rings. The molecule has 0 aliphatic carbocycles. The van der Waals surface area contributed by atoms with E-state index in [1.54, 1.807) is 0 Å². The van der Waals surface area contributed by atoms with Gasteiger partial charge in [-0.25, -0.2) is 4.98 Å². The van der Waals surface area contributed by atoms with Crippen LogP contribution in [-0.4, -0.2) is 55.8 Å². The summed E-state index contributed by atoms with van der Waals surface area (Å²) < 4.78 is 11.6. The topological polar surface area (TPSA) is 53.8 Å². The Labute approximate surface area is 177 Å². The van der Waals surface area contributed by atoms with Crippen LogP contribution in [0.25, 0.3) is 11.0 Å². The van der Waals surface area contributed by atoms with Crippen molar-refractivity contribution in [3.8, 4) is 0 Å². The number of hydrogen-bond acceptors (Lipinski definition) is 6. The third-order valence-electron chi connectivity index (χ3n) is 6.27. The second kappa shape index (κ2) is 8.38. The van der Waals surface area contributed by atoms with Crippen molar-refractivity contribution in [2.24, 2.45) is 0 Å². The first kappa shape index (κ1) is 19.5. The standard InChI is InChI=1S/C24H30N4O2/c1-17-5-3-4-6-20(17)22-16-27(8-7-25-22)15-19-14-26-24(28-9-11-29-12-10-28)23-21(19)13-18(2)30-23/h3-6,13-14,22,25H,7-12,15-16H2,1-2H3/t22-/m0/s1. The fourth-order valence-electron chi connectivity index (χ4n) is 4.69. The van der Waals surface area contributed by atoms with Gasteiger partial charge in [0.2, 0.25) is 0 Å². The lowest BCUT2D eigenvalue weighted by atomic mass is 9.99. The Balaban J connectivity index is 1.39. The minimum Gasteiger partial charge on any atom is -0.457 e. The van der Waals surface area contributed by atoms with E-state index in [-0.39, 0.29) is 0 Å². The normalized spacial score (nSPS) is 20.7. The van der Waals surface area contributed by atoms with Gasteiger partial charge in [-0.2, -0.15) is 0 Å². The van der Waals surface area contributed by atoms with Crippen LogP contribution in [0.5, 0.6) is 0 Å². The molecule has 30 heavy (non-hydrogen) atoms. The molecule has 6 heteroatoms. The Kier molecular flexibility index (Phi) is 5.46. The number of rotatable bonds is 4. The molecule has 1 atom stereocenters. The van der Waals surface area contributed by atoms with E-state index in [1.165, 1.54) is 22.1 Å². The Hall–Kier alpha value is -2.41. The van der Waals surface area contributed by atoms with E-state index in [1.807, 2.05) is 13.1 Å². The van der Waals surface area contributed by atoms with Crippen LogP contribution in [0.2, 0.25) is 0 Å². The maximum atomic E-state index is 6.11. The van der Waals surface area contributed by atoms with Gasteiger partial charge < -0.3 is 19.4 Å². The van der Waals surface area contributed by atoms with E-state index in [0.29, 0.717) is 6.04 Å². The Bertz CT molecular complexity index is 1030. The molecule has 1 aromatic carbocycles. The number of hydrogen-bond donors (Lipinski definition) is 1. The molecule has 6 nitrogen and oxygen atoms in total. The highest BCUT2D eigenvalue weighted by molar-refractivity contribution is 5.90. The van der Waals surface area contributed by atoms with Crippen molar-refractivity contribution in [3.63, 3.8) is 0 Å². The largest absolute Gasteiger partial charge is 0.457 e. The van der Waals surface area contributed by atoms with Crippen LogP contribution in [0.1, 0.15) is 28.5 Å². The second-order valence-corrected chi connectivity index (χ2v) is 8.40. The average Bonchev–Trinajstić information content (AvgIpc) is 3.17. The second-order valence-electron chi connectivity index (χ2n) is 8.40. The Morgan fingerprint density at radius 2 is 1.97 bits per heavy atom. The van der Waals surface area contributed by atoms with Crippen molar-refractivity contribution in [3.05, 3.63) is 59.0 Å². The molecular weight excluding hydrogens is 376 g/mol. The molecule has 2 fully saturated rings. The lowest BCUT2D eigenvalue weighted by Crippen LogP contribution is -2.45. The molecule has 0 bridgehead atoms. The predicted molar refractivity (Wildman–Crippen MR) is 119 cm³/mol. The van der Waals surface area contributed by atoms with E-state index in [2.05, 4.69) is 52.4 Å². The number of nitrogens with one attached hydrogen (secondary N) is 1. The highest BCUT2D eigenvalue weighted by atomic mass is 16.5. The smallest absolute Gasteiger partial charge is 0.177 e. The van der Waals surface area contributed by atoms with E-state index < -0.39 is 0 Å². The highest BCUT2D eigenvalue weighted by Crippen LogP contribution is 2.32. The van der Waals surface area contributed by atoms with Crippen LogP contribution in [0.4, 0.5) is 5.82 Å². The van der Waals surface area contributed by atoms with Crippen LogP contribution < -0.4 is 10.2 Å². The molecule has 3 aromatic rings. The lowest BCUT2D eigenvalue weighted by molar-refractivity contribution is 0.122. The number of benzene rings is 1. The highest BCUT2D eigenvalue weighted by Gasteiger charge is 2.24. The first-order valence-electron chi connectivity index (χ1n) is 10.9. The number of ether oxygens (including phenoxy) is 1. The predicted octanol–water partition coefficient (Wildman–Crippen LogP) is 3.43. The molecule has 0 amide bonds. The van der Waals surface area contributed by atoms with Crippen LogP contribution in [0.3, 0.4) is 0 Å². The molecule has 2 aromatic heterocycles. The molecule has 1 N–H and O–H groups in total. The minimum atomic E-state index is 0.363. The molecule has 0 saturated carbocycles. The number of pyridine rings is 1. The molecule has 5 rings (SSSR count). The summed E-state index contributed by atoms with van der Waals surface area (Å²) in [5.74, 6) is 1.88. The number of aromatic nitrogens is 1. The van der Waals surface area contributed by atoms with Crippen LogP contribution in [-0.2, 0) is 11.3 Å². The number of fused-ring (bicyclic) bond motifs is 1. The van der Waals surface area contributed by atoms with E-state index >= 15 is 0 Å². The van der Waals surface area contributed by atoms with E-state index in [4.69, 9.17) is 14.1 Å². The van der Waals surface area contributed by atoms with Gasteiger partial charge in [0.1, 0.15) is 5.76 Å². The summed E-state index contributed by atoms with van der Waals surface area (Å²) in [6, 6.07) is 11.2. The number of nitrogens with zero attached hydrogens (tertiary/aromatic N) is 3. The van der Waals surface area contributed by atoms with E-state index in [9.17, 15) is 0 Å². The van der Waals surface area contributed by atoms with Gasteiger partial charge in [0, 0.05) is 56.9 Å². The summed E-state index contributed by atoms with van der Waals surface area (Å²) in [5, 5.41) is 4.88. The van der Waals surface area contributed by atoms with Crippen molar-refractivity contribution in [1.82, 2.24) is 15.2 Å². The number of anilines is 1. The Morgan fingerprint density at radius 3 is 2.80 bits per heavy atom. The van der Waals surface area contributed by atoms with Crippen molar-refractivity contribution in [2.75, 3.05) is 50.8 Å². The molecule has 4 heterocycles. The fourth-order valence-corrected chi connectivity index (χ4v) is 4.69. The van der Waals surface area contributed by atoms with Crippen LogP contribution in [0, 0.1) is 13.8 Å². The SMILES string of the molecule is Cc1cc2c(CN3CCN[C@H](c4ccccc4C)C3)cnc(N3CCOCC3)c2o1.